The summed E-state index contributed by atoms with van der Waals surface area (Å²) >= 11 is 11.2. The van der Waals surface area contributed by atoms with E-state index in [0.29, 0.717) is 5.56 Å². The molecule has 2 aromatic carbocycles. The van der Waals surface area contributed by atoms with Gasteiger partial charge in [-0.2, -0.15) is 0 Å². The summed E-state index contributed by atoms with van der Waals surface area (Å²) in [7, 11) is 0. The van der Waals surface area contributed by atoms with E-state index >= 15 is 0 Å². The molecule has 0 bridgehead atoms. The van der Waals surface area contributed by atoms with Crippen molar-refractivity contribution in [2.75, 3.05) is 13.1 Å². The number of carbonyl (C=O) groups is 6. The third-order valence-electron chi connectivity index (χ3n) is 8.37. The summed E-state index contributed by atoms with van der Waals surface area (Å²) in [4.78, 5) is 72.4. The summed E-state index contributed by atoms with van der Waals surface area (Å²) < 4.78 is 66.2. The summed E-state index contributed by atoms with van der Waals surface area (Å²) in [6.45, 7) is 12.0. The summed E-state index contributed by atoms with van der Waals surface area (Å²) in [6.07, 6.45) is -5.65. The second kappa shape index (κ2) is 21.5. The van der Waals surface area contributed by atoms with Crippen LogP contribution in [0.4, 0.5) is 27.2 Å². The molecule has 4 amide bonds. The number of rotatable bonds is 8. The van der Waals surface area contributed by atoms with Crippen LogP contribution < -0.4 is 16.4 Å². The van der Waals surface area contributed by atoms with Crippen LogP contribution in [0.2, 0.25) is 10.0 Å². The number of carbonyl (C=O) groups excluding carboxylic acids is 5. The van der Waals surface area contributed by atoms with Crippen molar-refractivity contribution in [1.82, 2.24) is 20.4 Å². The highest BCUT2D eigenvalue weighted by molar-refractivity contribution is 6.31. The lowest BCUT2D eigenvalue weighted by Gasteiger charge is -2.28. The monoisotopic (exact) mass is 879 g/mol. The molecule has 59 heavy (non-hydrogen) atoms. The molecule has 6 atom stereocenters. The van der Waals surface area contributed by atoms with Crippen LogP contribution in [0.3, 0.4) is 0 Å². The number of nitrogens with zero attached hydrogens (tertiary/aromatic N) is 2. The molecule has 14 nitrogen and oxygen atoms in total. The fraction of sp³-hybridized carbons (Fsp3) is 0.538. The van der Waals surface area contributed by atoms with Crippen LogP contribution in [-0.2, 0) is 41.6 Å². The molecule has 5 N–H and O–H groups in total. The maximum absolute atomic E-state index is 15.0. The predicted molar refractivity (Wildman–Crippen MR) is 210 cm³/mol. The van der Waals surface area contributed by atoms with E-state index in [1.54, 1.807) is 59.7 Å². The van der Waals surface area contributed by atoms with Crippen LogP contribution >= 0.6 is 23.2 Å². The minimum absolute atomic E-state index is 0.00140. The van der Waals surface area contributed by atoms with Crippen LogP contribution in [-0.4, -0.2) is 111 Å². The minimum atomic E-state index is -1.89. The smallest absolute Gasteiger partial charge is 0.411 e. The fourth-order valence-corrected chi connectivity index (χ4v) is 6.29. The minimum Gasteiger partial charge on any atom is -0.480 e. The van der Waals surface area contributed by atoms with Gasteiger partial charge in [0.1, 0.15) is 35.1 Å². The van der Waals surface area contributed by atoms with Crippen molar-refractivity contribution in [3.05, 3.63) is 69.2 Å². The maximum atomic E-state index is 15.0. The lowest BCUT2D eigenvalue weighted by atomic mass is 9.99. The van der Waals surface area contributed by atoms with Crippen LogP contribution in [0.5, 0.6) is 0 Å². The highest BCUT2D eigenvalue weighted by Crippen LogP contribution is 2.28. The summed E-state index contributed by atoms with van der Waals surface area (Å²) in [5, 5.41) is 13.8. The number of ketones is 1. The second-order valence-electron chi connectivity index (χ2n) is 15.6. The standard InChI is InChI=1S/C20H25ClF2N2O4.C12H19FN2O5.C7H7ClFN/c1-11(26)24-14-10-25(19(28)29-20(2,3)4)18(17(14)23)15(27)9-8-12-6-5-7-13(21)16(12)22;1-6(16)14-7-5-15(9(8(7)13)10(17)18)11(19)20-12(2,3)4;8-6-3-1-2-5(4-10)7(6)9/h5-7,14,17-18H,8-10H2,1-4H3,(H,24,26);7-9H,5H2,1-4H3,(H,14,16)(H,17,18);1-3H,4,10H2/t14-,17+,18-;7-,8+,9+;/m11./s1. The number of Topliss-reactive ketones (excluding diaryl/α,β-unsaturated/α-hetero) is 1. The average Bonchev–Trinajstić information content (AvgIpc) is 3.60. The Labute approximate surface area is 350 Å². The number of aliphatic carboxylic acids is 1. The molecule has 0 aromatic heterocycles. The van der Waals surface area contributed by atoms with Gasteiger partial charge in [0.05, 0.1) is 22.1 Å². The van der Waals surface area contributed by atoms with Gasteiger partial charge in [-0.05, 0) is 65.7 Å². The Balaban J connectivity index is 0.000000343. The number of ether oxygens (including phenoxy) is 2. The topological polar surface area (TPSA) is 198 Å². The van der Waals surface area contributed by atoms with E-state index in [-0.39, 0.29) is 48.1 Å². The number of carboxylic acid groups (broad SMARTS) is 1. The van der Waals surface area contributed by atoms with Crippen LogP contribution in [0.15, 0.2) is 36.4 Å². The van der Waals surface area contributed by atoms with Gasteiger partial charge in [-0.3, -0.25) is 24.2 Å². The number of likely N-dealkylation sites (tertiary alicyclic amines) is 2. The number of carboxylic acids is 1. The molecule has 0 aliphatic carbocycles. The normalized spacial score (nSPS) is 21.3. The first-order valence-corrected chi connectivity index (χ1v) is 19.1. The molecule has 2 aromatic rings. The van der Waals surface area contributed by atoms with Crippen LogP contribution in [0, 0.1) is 11.6 Å². The van der Waals surface area contributed by atoms with E-state index in [1.165, 1.54) is 32.0 Å². The first-order chi connectivity index (χ1) is 27.2. The van der Waals surface area contributed by atoms with Crippen LogP contribution in [0.25, 0.3) is 0 Å². The van der Waals surface area contributed by atoms with E-state index in [0.717, 1.165) is 9.80 Å². The van der Waals surface area contributed by atoms with E-state index in [2.05, 4.69) is 10.6 Å². The van der Waals surface area contributed by atoms with E-state index in [9.17, 15) is 46.3 Å². The number of alkyl halides is 2. The van der Waals surface area contributed by atoms with Gasteiger partial charge in [0.2, 0.25) is 11.8 Å². The number of hydrogen-bond donors (Lipinski definition) is 4. The predicted octanol–water partition coefficient (Wildman–Crippen LogP) is 5.91. The Morgan fingerprint density at radius 1 is 0.746 bits per heavy atom. The Bertz CT molecular complexity index is 1850. The molecule has 0 unspecified atom stereocenters. The van der Waals surface area contributed by atoms with Gasteiger partial charge >= 0.3 is 18.2 Å². The summed E-state index contributed by atoms with van der Waals surface area (Å²) in [6, 6.07) is 4.04. The van der Waals surface area contributed by atoms with Gasteiger partial charge in [0.25, 0.3) is 0 Å². The van der Waals surface area contributed by atoms with E-state index < -0.39 is 95.1 Å². The largest absolute Gasteiger partial charge is 0.480 e. The zero-order valence-electron chi connectivity index (χ0n) is 33.9. The summed E-state index contributed by atoms with van der Waals surface area (Å²) in [5.41, 5.74) is 4.23. The molecule has 2 saturated heterocycles. The van der Waals surface area contributed by atoms with Crippen molar-refractivity contribution in [3.63, 3.8) is 0 Å². The number of aryl methyl sites for hydroxylation is 1. The Kier molecular flexibility index (Phi) is 18.4. The van der Waals surface area contributed by atoms with Crippen molar-refractivity contribution in [1.29, 1.82) is 0 Å². The van der Waals surface area contributed by atoms with Crippen molar-refractivity contribution in [2.45, 2.75) is 122 Å². The second-order valence-corrected chi connectivity index (χ2v) is 16.4. The van der Waals surface area contributed by atoms with Gasteiger partial charge in [0.15, 0.2) is 18.0 Å². The zero-order valence-corrected chi connectivity index (χ0v) is 35.4. The van der Waals surface area contributed by atoms with Crippen molar-refractivity contribution in [3.8, 4) is 0 Å². The lowest BCUT2D eigenvalue weighted by molar-refractivity contribution is -0.143. The molecule has 2 fully saturated rings. The number of amides is 4. The Morgan fingerprint density at radius 3 is 1.51 bits per heavy atom. The molecule has 0 saturated carbocycles. The summed E-state index contributed by atoms with van der Waals surface area (Å²) in [5.74, 6) is -4.08. The highest BCUT2D eigenvalue weighted by Gasteiger charge is 2.51. The number of benzene rings is 2. The van der Waals surface area contributed by atoms with E-state index in [1.807, 2.05) is 0 Å². The molecule has 20 heteroatoms. The Hall–Kier alpha value is -4.68. The lowest BCUT2D eigenvalue weighted by Crippen LogP contribution is -2.46. The third-order valence-corrected chi connectivity index (χ3v) is 8.95. The number of nitrogens with two attached hydrogens (primary N) is 1. The zero-order chi connectivity index (χ0) is 45.2. The number of halogens is 6. The van der Waals surface area contributed by atoms with Crippen molar-refractivity contribution in [2.24, 2.45) is 5.73 Å². The van der Waals surface area contributed by atoms with Gasteiger partial charge in [-0.1, -0.05) is 47.5 Å². The molecule has 4 rings (SSSR count). The fourth-order valence-electron chi connectivity index (χ4n) is 5.90. The van der Waals surface area contributed by atoms with Gasteiger partial charge in [-0.25, -0.2) is 31.9 Å². The molecule has 2 aliphatic heterocycles. The molecule has 2 aliphatic rings. The van der Waals surface area contributed by atoms with Gasteiger partial charge in [-0.15, -0.1) is 0 Å². The van der Waals surface area contributed by atoms with Crippen LogP contribution in [0.1, 0.15) is 72.9 Å². The van der Waals surface area contributed by atoms with E-state index in [4.69, 9.17) is 43.5 Å². The maximum Gasteiger partial charge on any atom is 0.411 e. The van der Waals surface area contributed by atoms with Crippen molar-refractivity contribution >= 4 is 59.0 Å². The third kappa shape index (κ3) is 15.1. The number of nitrogens with one attached hydrogen (secondary N) is 2. The molecule has 0 spiro atoms. The SMILES string of the molecule is CC(=O)N[C@@H]1CN(C(=O)OC(C)(C)C)[C@H](C(=O)CCc2cccc(Cl)c2F)[C@H]1F.CC(=O)N[C@@H]1CN(C(=O)OC(C)(C)C)[C@H](C(=O)O)[C@H]1F.NCc1cccc(Cl)c1F. The molecular weight excluding hydrogens is 829 g/mol. The van der Waals surface area contributed by atoms with Gasteiger partial charge in [0, 0.05) is 45.5 Å². The molecular formula is C39H51Cl2F4N5O9. The first-order valence-electron chi connectivity index (χ1n) is 18.3. The molecule has 328 valence electrons. The molecule has 0 radical (unpaired) electrons. The quantitative estimate of drug-likeness (QED) is 0.231. The number of hydrogen-bond acceptors (Lipinski definition) is 9. The Morgan fingerprint density at radius 2 is 1.14 bits per heavy atom. The first kappa shape index (κ1) is 50.5. The van der Waals surface area contributed by atoms with Crippen molar-refractivity contribution < 1.29 is 60.9 Å². The van der Waals surface area contributed by atoms with Gasteiger partial charge < -0.3 is 30.9 Å². The average molecular weight is 881 g/mol. The highest BCUT2D eigenvalue weighted by atomic mass is 35.5. The molecule has 2 heterocycles.